The Bertz CT molecular complexity index is 623. The molecule has 0 spiro atoms. The Labute approximate surface area is 120 Å². The maximum Gasteiger partial charge on any atom is 0.122 e. The standard InChI is InChI=1S/C18H19NO/c1-2-15-8-5-6-12-18(15)20-14-17-10-4-3-9-16(17)11-7-13-19/h3-6,8-10,12H,2,13-14,19H2,1H3. The molecule has 20 heavy (non-hydrogen) atoms. The second-order valence-electron chi connectivity index (χ2n) is 4.41. The summed E-state index contributed by atoms with van der Waals surface area (Å²) in [6, 6.07) is 16.1. The molecule has 0 aromatic heterocycles. The van der Waals surface area contributed by atoms with E-state index in [9.17, 15) is 0 Å². The molecule has 0 atom stereocenters. The van der Waals surface area contributed by atoms with Crippen molar-refractivity contribution in [2.75, 3.05) is 6.54 Å². The summed E-state index contributed by atoms with van der Waals surface area (Å²) in [4.78, 5) is 0. The van der Waals surface area contributed by atoms with Gasteiger partial charge in [0.1, 0.15) is 12.4 Å². The lowest BCUT2D eigenvalue weighted by atomic mass is 10.1. The largest absolute Gasteiger partial charge is 0.489 e. The average Bonchev–Trinajstić information content (AvgIpc) is 2.52. The van der Waals surface area contributed by atoms with Gasteiger partial charge >= 0.3 is 0 Å². The van der Waals surface area contributed by atoms with Gasteiger partial charge < -0.3 is 10.5 Å². The van der Waals surface area contributed by atoms with Crippen molar-refractivity contribution in [3.63, 3.8) is 0 Å². The highest BCUT2D eigenvalue weighted by molar-refractivity contribution is 5.41. The Morgan fingerprint density at radius 3 is 2.45 bits per heavy atom. The predicted octanol–water partition coefficient (Wildman–Crippen LogP) is 3.14. The average molecular weight is 265 g/mol. The minimum absolute atomic E-state index is 0.369. The van der Waals surface area contributed by atoms with Crippen LogP contribution in [0.3, 0.4) is 0 Å². The number of aryl methyl sites for hydroxylation is 1. The first-order valence-electron chi connectivity index (χ1n) is 6.82. The van der Waals surface area contributed by atoms with Gasteiger partial charge in [-0.1, -0.05) is 55.2 Å². The number of ether oxygens (including phenoxy) is 1. The fraction of sp³-hybridized carbons (Fsp3) is 0.222. The molecule has 2 nitrogen and oxygen atoms in total. The molecule has 2 N–H and O–H groups in total. The Balaban J connectivity index is 2.15. The molecule has 0 aliphatic rings. The number of benzene rings is 2. The normalized spacial score (nSPS) is 9.70. The molecule has 0 saturated carbocycles. The summed E-state index contributed by atoms with van der Waals surface area (Å²) in [6.45, 7) is 3.02. The van der Waals surface area contributed by atoms with E-state index >= 15 is 0 Å². The summed E-state index contributed by atoms with van der Waals surface area (Å²) in [6.07, 6.45) is 0.963. The molecule has 2 aromatic rings. The Morgan fingerprint density at radius 1 is 1.00 bits per heavy atom. The first kappa shape index (κ1) is 14.2. The number of para-hydroxylation sites is 1. The third kappa shape index (κ3) is 3.63. The van der Waals surface area contributed by atoms with Crippen molar-refractivity contribution in [3.8, 4) is 17.6 Å². The number of hydrogen-bond acceptors (Lipinski definition) is 2. The Morgan fingerprint density at radius 2 is 1.70 bits per heavy atom. The lowest BCUT2D eigenvalue weighted by Gasteiger charge is -2.11. The van der Waals surface area contributed by atoms with Gasteiger partial charge in [0, 0.05) is 11.1 Å². The highest BCUT2D eigenvalue weighted by atomic mass is 16.5. The Hall–Kier alpha value is -2.24. The molecule has 102 valence electrons. The molecule has 0 bridgehead atoms. The number of hydrogen-bond donors (Lipinski definition) is 1. The highest BCUT2D eigenvalue weighted by Crippen LogP contribution is 2.20. The van der Waals surface area contributed by atoms with Crippen LogP contribution >= 0.6 is 0 Å². The third-order valence-corrected chi connectivity index (χ3v) is 3.08. The van der Waals surface area contributed by atoms with Crippen LogP contribution in [0.25, 0.3) is 0 Å². The quantitative estimate of drug-likeness (QED) is 0.862. The van der Waals surface area contributed by atoms with Crippen molar-refractivity contribution in [1.82, 2.24) is 0 Å². The zero-order valence-corrected chi connectivity index (χ0v) is 11.7. The molecule has 2 heteroatoms. The maximum atomic E-state index is 5.94. The minimum atomic E-state index is 0.369. The molecule has 0 radical (unpaired) electrons. The van der Waals surface area contributed by atoms with Gasteiger partial charge in [0.15, 0.2) is 0 Å². The van der Waals surface area contributed by atoms with E-state index in [0.29, 0.717) is 13.2 Å². The van der Waals surface area contributed by atoms with E-state index in [0.717, 1.165) is 23.3 Å². The van der Waals surface area contributed by atoms with E-state index < -0.39 is 0 Å². The van der Waals surface area contributed by atoms with Crippen LogP contribution in [0.4, 0.5) is 0 Å². The van der Waals surface area contributed by atoms with Crippen molar-refractivity contribution >= 4 is 0 Å². The van der Waals surface area contributed by atoms with E-state index in [2.05, 4.69) is 24.8 Å². The van der Waals surface area contributed by atoms with E-state index in [1.165, 1.54) is 5.56 Å². The SMILES string of the molecule is CCc1ccccc1OCc1ccccc1C#CCN. The van der Waals surface area contributed by atoms with Crippen molar-refractivity contribution in [3.05, 3.63) is 65.2 Å². The van der Waals surface area contributed by atoms with Gasteiger partial charge in [-0.05, 0) is 24.1 Å². The van der Waals surface area contributed by atoms with Crippen LogP contribution in [0.2, 0.25) is 0 Å². The first-order valence-corrected chi connectivity index (χ1v) is 6.82. The molecule has 0 unspecified atom stereocenters. The molecular weight excluding hydrogens is 246 g/mol. The van der Waals surface area contributed by atoms with Crippen molar-refractivity contribution in [1.29, 1.82) is 0 Å². The smallest absolute Gasteiger partial charge is 0.122 e. The number of rotatable bonds is 4. The van der Waals surface area contributed by atoms with Crippen LogP contribution in [0.15, 0.2) is 48.5 Å². The van der Waals surface area contributed by atoms with Crippen molar-refractivity contribution in [2.45, 2.75) is 20.0 Å². The summed E-state index contributed by atoms with van der Waals surface area (Å²) < 4.78 is 5.94. The van der Waals surface area contributed by atoms with Crippen LogP contribution in [0, 0.1) is 11.8 Å². The molecule has 0 amide bonds. The second kappa shape index (κ2) is 7.37. The monoisotopic (exact) mass is 265 g/mol. The molecule has 0 saturated heterocycles. The summed E-state index contributed by atoms with van der Waals surface area (Å²) in [5.74, 6) is 6.91. The van der Waals surface area contributed by atoms with Crippen LogP contribution in [-0.2, 0) is 13.0 Å². The summed E-state index contributed by atoms with van der Waals surface area (Å²) >= 11 is 0. The third-order valence-electron chi connectivity index (χ3n) is 3.08. The molecule has 0 aliphatic carbocycles. The fourth-order valence-corrected chi connectivity index (χ4v) is 2.01. The van der Waals surface area contributed by atoms with E-state index in [1.54, 1.807) is 0 Å². The summed E-state index contributed by atoms with van der Waals surface area (Å²) in [5.41, 5.74) is 8.71. The van der Waals surface area contributed by atoms with Gasteiger partial charge in [-0.3, -0.25) is 0 Å². The maximum absolute atomic E-state index is 5.94. The van der Waals surface area contributed by atoms with Gasteiger partial charge in [0.05, 0.1) is 6.54 Å². The molecule has 0 aliphatic heterocycles. The van der Waals surface area contributed by atoms with Crippen LogP contribution < -0.4 is 10.5 Å². The molecular formula is C18H19NO. The van der Waals surface area contributed by atoms with E-state index in [-0.39, 0.29) is 0 Å². The topological polar surface area (TPSA) is 35.2 Å². The lowest BCUT2D eigenvalue weighted by Crippen LogP contribution is -2.00. The molecule has 0 fully saturated rings. The van der Waals surface area contributed by atoms with Gasteiger partial charge in [-0.25, -0.2) is 0 Å². The van der Waals surface area contributed by atoms with Gasteiger partial charge in [0.25, 0.3) is 0 Å². The zero-order chi connectivity index (χ0) is 14.2. The van der Waals surface area contributed by atoms with Gasteiger partial charge in [-0.15, -0.1) is 0 Å². The van der Waals surface area contributed by atoms with Crippen LogP contribution in [0.5, 0.6) is 5.75 Å². The summed E-state index contributed by atoms with van der Waals surface area (Å²) in [5, 5.41) is 0. The van der Waals surface area contributed by atoms with Crippen LogP contribution in [-0.4, -0.2) is 6.54 Å². The zero-order valence-electron chi connectivity index (χ0n) is 11.7. The molecule has 2 rings (SSSR count). The fourth-order valence-electron chi connectivity index (χ4n) is 2.01. The van der Waals surface area contributed by atoms with E-state index in [1.807, 2.05) is 42.5 Å². The predicted molar refractivity (Wildman–Crippen MR) is 82.5 cm³/mol. The number of nitrogens with two attached hydrogens (primary N) is 1. The second-order valence-corrected chi connectivity index (χ2v) is 4.41. The molecule has 2 aromatic carbocycles. The Kier molecular flexibility index (Phi) is 5.23. The highest BCUT2D eigenvalue weighted by Gasteiger charge is 2.03. The van der Waals surface area contributed by atoms with Gasteiger partial charge in [-0.2, -0.15) is 0 Å². The van der Waals surface area contributed by atoms with Gasteiger partial charge in [0.2, 0.25) is 0 Å². The molecule has 0 heterocycles. The minimum Gasteiger partial charge on any atom is -0.489 e. The van der Waals surface area contributed by atoms with Crippen molar-refractivity contribution < 1.29 is 4.74 Å². The summed E-state index contributed by atoms with van der Waals surface area (Å²) in [7, 11) is 0. The van der Waals surface area contributed by atoms with Crippen LogP contribution in [0.1, 0.15) is 23.6 Å². The van der Waals surface area contributed by atoms with E-state index in [4.69, 9.17) is 10.5 Å². The lowest BCUT2D eigenvalue weighted by molar-refractivity contribution is 0.303. The first-order chi connectivity index (χ1) is 9.85. The van der Waals surface area contributed by atoms with Crippen molar-refractivity contribution in [2.24, 2.45) is 5.73 Å².